The SMILES string of the molecule is Cc1ccc(-c2nnn(CCOC3CCC3)n2)cc1C. The van der Waals surface area contributed by atoms with Crippen molar-refractivity contribution in [3.05, 3.63) is 29.3 Å². The molecule has 1 saturated carbocycles. The fourth-order valence-corrected chi connectivity index (χ4v) is 2.17. The second-order valence-corrected chi connectivity index (χ2v) is 5.43. The van der Waals surface area contributed by atoms with Crippen LogP contribution in [-0.2, 0) is 11.3 Å². The topological polar surface area (TPSA) is 52.8 Å². The molecule has 3 rings (SSSR count). The molecule has 20 heavy (non-hydrogen) atoms. The molecule has 1 heterocycles. The molecule has 5 heteroatoms. The van der Waals surface area contributed by atoms with Gasteiger partial charge in [-0.15, -0.1) is 10.2 Å². The molecule has 0 atom stereocenters. The number of hydrogen-bond acceptors (Lipinski definition) is 4. The largest absolute Gasteiger partial charge is 0.376 e. The molecule has 0 saturated heterocycles. The third-order valence-corrected chi connectivity index (χ3v) is 3.91. The minimum absolute atomic E-state index is 0.456. The summed E-state index contributed by atoms with van der Waals surface area (Å²) in [5, 5.41) is 12.6. The van der Waals surface area contributed by atoms with E-state index < -0.39 is 0 Å². The van der Waals surface area contributed by atoms with Crippen LogP contribution in [0.15, 0.2) is 18.2 Å². The van der Waals surface area contributed by atoms with Crippen LogP contribution in [0.1, 0.15) is 30.4 Å². The van der Waals surface area contributed by atoms with Gasteiger partial charge in [-0.2, -0.15) is 4.80 Å². The minimum atomic E-state index is 0.456. The molecular formula is C15H20N4O. The van der Waals surface area contributed by atoms with Crippen LogP contribution in [0.5, 0.6) is 0 Å². The summed E-state index contributed by atoms with van der Waals surface area (Å²) in [7, 11) is 0. The van der Waals surface area contributed by atoms with Crippen LogP contribution in [-0.4, -0.2) is 32.9 Å². The van der Waals surface area contributed by atoms with Crippen LogP contribution >= 0.6 is 0 Å². The van der Waals surface area contributed by atoms with Crippen molar-refractivity contribution in [2.45, 2.75) is 45.8 Å². The zero-order valence-electron chi connectivity index (χ0n) is 12.0. The van der Waals surface area contributed by atoms with Gasteiger partial charge in [0.15, 0.2) is 0 Å². The first-order valence-electron chi connectivity index (χ1n) is 7.19. The highest BCUT2D eigenvalue weighted by molar-refractivity contribution is 5.56. The average molecular weight is 272 g/mol. The van der Waals surface area contributed by atoms with Crippen molar-refractivity contribution in [2.24, 2.45) is 0 Å². The van der Waals surface area contributed by atoms with E-state index in [-0.39, 0.29) is 0 Å². The van der Waals surface area contributed by atoms with Gasteiger partial charge in [0.05, 0.1) is 19.3 Å². The van der Waals surface area contributed by atoms with E-state index in [9.17, 15) is 0 Å². The minimum Gasteiger partial charge on any atom is -0.376 e. The van der Waals surface area contributed by atoms with E-state index in [1.807, 2.05) is 6.07 Å². The summed E-state index contributed by atoms with van der Waals surface area (Å²) < 4.78 is 5.70. The van der Waals surface area contributed by atoms with Crippen molar-refractivity contribution in [1.29, 1.82) is 0 Å². The van der Waals surface area contributed by atoms with Crippen LogP contribution in [0.2, 0.25) is 0 Å². The Morgan fingerprint density at radius 2 is 2.10 bits per heavy atom. The number of aryl methyl sites for hydroxylation is 2. The summed E-state index contributed by atoms with van der Waals surface area (Å²) in [5.41, 5.74) is 3.53. The zero-order valence-corrected chi connectivity index (χ0v) is 12.0. The van der Waals surface area contributed by atoms with E-state index in [4.69, 9.17) is 4.74 Å². The molecule has 0 bridgehead atoms. The quantitative estimate of drug-likeness (QED) is 0.839. The number of nitrogens with zero attached hydrogens (tertiary/aromatic N) is 4. The maximum atomic E-state index is 5.70. The van der Waals surface area contributed by atoms with E-state index in [2.05, 4.69) is 41.4 Å². The van der Waals surface area contributed by atoms with Gasteiger partial charge in [-0.05, 0) is 55.5 Å². The summed E-state index contributed by atoms with van der Waals surface area (Å²) in [6.45, 7) is 5.51. The first-order valence-corrected chi connectivity index (χ1v) is 7.19. The Hall–Kier alpha value is -1.75. The molecule has 5 nitrogen and oxygen atoms in total. The van der Waals surface area contributed by atoms with Gasteiger partial charge in [0.1, 0.15) is 0 Å². The second-order valence-electron chi connectivity index (χ2n) is 5.43. The highest BCUT2D eigenvalue weighted by atomic mass is 16.5. The Morgan fingerprint density at radius 1 is 1.25 bits per heavy atom. The van der Waals surface area contributed by atoms with Crippen molar-refractivity contribution in [3.8, 4) is 11.4 Å². The highest BCUT2D eigenvalue weighted by Gasteiger charge is 2.17. The normalized spacial score (nSPS) is 15.3. The van der Waals surface area contributed by atoms with Crippen molar-refractivity contribution in [3.63, 3.8) is 0 Å². The number of hydrogen-bond donors (Lipinski definition) is 0. The van der Waals surface area contributed by atoms with Gasteiger partial charge in [0.25, 0.3) is 0 Å². The van der Waals surface area contributed by atoms with Crippen molar-refractivity contribution in [1.82, 2.24) is 20.2 Å². The van der Waals surface area contributed by atoms with Gasteiger partial charge in [0.2, 0.25) is 5.82 Å². The Labute approximate surface area is 118 Å². The first-order chi connectivity index (χ1) is 9.72. The lowest BCUT2D eigenvalue weighted by atomic mass is 9.96. The first kappa shape index (κ1) is 13.2. The third kappa shape index (κ3) is 2.88. The average Bonchev–Trinajstić information content (AvgIpc) is 2.84. The van der Waals surface area contributed by atoms with E-state index in [1.54, 1.807) is 4.80 Å². The fourth-order valence-electron chi connectivity index (χ4n) is 2.17. The fraction of sp³-hybridized carbons (Fsp3) is 0.533. The molecule has 0 radical (unpaired) electrons. The highest BCUT2D eigenvalue weighted by Crippen LogP contribution is 2.21. The molecule has 1 aromatic heterocycles. The lowest BCUT2D eigenvalue weighted by Gasteiger charge is -2.25. The maximum absolute atomic E-state index is 5.70. The summed E-state index contributed by atoms with van der Waals surface area (Å²) in [5.74, 6) is 0.678. The van der Waals surface area contributed by atoms with E-state index >= 15 is 0 Å². The summed E-state index contributed by atoms with van der Waals surface area (Å²) in [4.78, 5) is 1.61. The van der Waals surface area contributed by atoms with Crippen LogP contribution in [0.25, 0.3) is 11.4 Å². The van der Waals surface area contributed by atoms with E-state index in [0.717, 1.165) is 5.56 Å². The predicted molar refractivity (Wildman–Crippen MR) is 76.3 cm³/mol. The maximum Gasteiger partial charge on any atom is 0.204 e. The molecule has 1 aromatic carbocycles. The predicted octanol–water partition coefficient (Wildman–Crippen LogP) is 2.53. The van der Waals surface area contributed by atoms with Crippen LogP contribution < -0.4 is 0 Å². The molecule has 2 aromatic rings. The summed E-state index contributed by atoms with van der Waals surface area (Å²) >= 11 is 0. The van der Waals surface area contributed by atoms with Gasteiger partial charge >= 0.3 is 0 Å². The molecule has 1 aliphatic rings. The number of ether oxygens (including phenoxy) is 1. The monoisotopic (exact) mass is 272 g/mol. The number of rotatable bonds is 5. The summed E-state index contributed by atoms with van der Waals surface area (Å²) in [6.07, 6.45) is 4.14. The Balaban J connectivity index is 1.61. The summed E-state index contributed by atoms with van der Waals surface area (Å²) in [6, 6.07) is 6.22. The van der Waals surface area contributed by atoms with Gasteiger partial charge in [0, 0.05) is 5.56 Å². The molecule has 1 aliphatic carbocycles. The molecular weight excluding hydrogens is 252 g/mol. The zero-order chi connectivity index (χ0) is 13.9. The molecule has 0 spiro atoms. The third-order valence-electron chi connectivity index (χ3n) is 3.91. The van der Waals surface area contributed by atoms with Crippen LogP contribution in [0, 0.1) is 13.8 Å². The smallest absolute Gasteiger partial charge is 0.204 e. The Morgan fingerprint density at radius 3 is 2.80 bits per heavy atom. The van der Waals surface area contributed by atoms with Gasteiger partial charge in [-0.3, -0.25) is 0 Å². The van der Waals surface area contributed by atoms with E-state index in [1.165, 1.54) is 30.4 Å². The molecule has 106 valence electrons. The molecule has 0 unspecified atom stereocenters. The van der Waals surface area contributed by atoms with Crippen LogP contribution in [0.4, 0.5) is 0 Å². The van der Waals surface area contributed by atoms with Crippen molar-refractivity contribution < 1.29 is 4.74 Å². The second kappa shape index (κ2) is 5.71. The van der Waals surface area contributed by atoms with E-state index in [0.29, 0.717) is 25.1 Å². The number of benzene rings is 1. The molecule has 0 amide bonds. The number of aromatic nitrogens is 4. The standard InChI is InChI=1S/C15H20N4O/c1-11-6-7-13(10-12(11)2)15-16-18-19(17-15)8-9-20-14-4-3-5-14/h6-7,10,14H,3-5,8-9H2,1-2H3. The lowest BCUT2D eigenvalue weighted by molar-refractivity contribution is -0.00371. The van der Waals surface area contributed by atoms with Crippen molar-refractivity contribution in [2.75, 3.05) is 6.61 Å². The number of tetrazole rings is 1. The molecule has 0 N–H and O–H groups in total. The molecule has 0 aliphatic heterocycles. The van der Waals surface area contributed by atoms with Crippen LogP contribution in [0.3, 0.4) is 0 Å². The van der Waals surface area contributed by atoms with Gasteiger partial charge in [-0.25, -0.2) is 0 Å². The van der Waals surface area contributed by atoms with Crippen molar-refractivity contribution >= 4 is 0 Å². The van der Waals surface area contributed by atoms with Gasteiger partial charge < -0.3 is 4.74 Å². The Bertz CT molecular complexity index is 589. The lowest BCUT2D eigenvalue weighted by Crippen LogP contribution is -2.23. The Kier molecular flexibility index (Phi) is 3.78. The van der Waals surface area contributed by atoms with Gasteiger partial charge in [-0.1, -0.05) is 12.1 Å². The molecule has 1 fully saturated rings.